The Labute approximate surface area is 200 Å². The zero-order valence-corrected chi connectivity index (χ0v) is 20.2. The molecule has 1 aromatic heterocycles. The number of halogens is 1. The van der Waals surface area contributed by atoms with Crippen molar-refractivity contribution in [3.05, 3.63) is 41.6 Å². The van der Waals surface area contributed by atoms with E-state index in [1.54, 1.807) is 13.3 Å². The van der Waals surface area contributed by atoms with Crippen LogP contribution in [-0.4, -0.2) is 55.9 Å². The van der Waals surface area contributed by atoms with Crippen LogP contribution in [0.25, 0.3) is 11.1 Å². The van der Waals surface area contributed by atoms with Crippen molar-refractivity contribution in [1.29, 1.82) is 0 Å². The predicted molar refractivity (Wildman–Crippen MR) is 132 cm³/mol. The fourth-order valence-corrected chi connectivity index (χ4v) is 5.09. The molecular formula is C25H33ClN4O3. The fourth-order valence-electron chi connectivity index (χ4n) is 4.88. The molecule has 0 saturated carbocycles. The second-order valence-corrected chi connectivity index (χ2v) is 9.54. The van der Waals surface area contributed by atoms with Gasteiger partial charge in [0.2, 0.25) is 5.91 Å². The maximum absolute atomic E-state index is 12.7. The molecule has 1 unspecified atom stereocenters. The SMILES string of the molecule is CO[C@H]1CNC[C@@H]1C(=O)Nc1cc(-c2cccc(NCC3C[C@@H](C)O[C@@H](C)C3)c2)c(Cl)cn1. The summed E-state index contributed by atoms with van der Waals surface area (Å²) < 4.78 is 11.3. The van der Waals surface area contributed by atoms with Crippen molar-refractivity contribution < 1.29 is 14.3 Å². The Bertz CT molecular complexity index is 962. The predicted octanol–water partition coefficient (Wildman–Crippen LogP) is 4.19. The van der Waals surface area contributed by atoms with Crippen LogP contribution in [0, 0.1) is 11.8 Å². The number of rotatable bonds is 7. The van der Waals surface area contributed by atoms with Gasteiger partial charge in [0, 0.05) is 44.2 Å². The molecule has 178 valence electrons. The molecule has 7 nitrogen and oxygen atoms in total. The number of aromatic nitrogens is 1. The summed E-state index contributed by atoms with van der Waals surface area (Å²) in [7, 11) is 1.63. The molecule has 3 heterocycles. The third-order valence-electron chi connectivity index (χ3n) is 6.47. The van der Waals surface area contributed by atoms with Crippen LogP contribution in [0.2, 0.25) is 5.02 Å². The molecule has 3 N–H and O–H groups in total. The summed E-state index contributed by atoms with van der Waals surface area (Å²) in [5, 5.41) is 10.2. The number of anilines is 2. The highest BCUT2D eigenvalue weighted by Gasteiger charge is 2.33. The molecule has 0 bridgehead atoms. The summed E-state index contributed by atoms with van der Waals surface area (Å²) in [5.74, 6) is 0.700. The minimum atomic E-state index is -0.251. The number of ether oxygens (including phenoxy) is 2. The van der Waals surface area contributed by atoms with Crippen LogP contribution in [0.3, 0.4) is 0 Å². The van der Waals surface area contributed by atoms with Gasteiger partial charge in [-0.05, 0) is 56.4 Å². The van der Waals surface area contributed by atoms with E-state index in [4.69, 9.17) is 21.1 Å². The quantitative estimate of drug-likeness (QED) is 0.560. The number of methoxy groups -OCH3 is 1. The van der Waals surface area contributed by atoms with E-state index in [-0.39, 0.29) is 17.9 Å². The van der Waals surface area contributed by atoms with Crippen molar-refractivity contribution in [2.45, 2.75) is 45.0 Å². The third kappa shape index (κ3) is 6.03. The topological polar surface area (TPSA) is 84.5 Å². The van der Waals surface area contributed by atoms with Gasteiger partial charge in [-0.3, -0.25) is 4.79 Å². The molecule has 0 radical (unpaired) electrons. The first-order valence-electron chi connectivity index (χ1n) is 11.6. The Balaban J connectivity index is 1.44. The van der Waals surface area contributed by atoms with E-state index in [1.807, 2.05) is 18.2 Å². The average molecular weight is 473 g/mol. The average Bonchev–Trinajstić information content (AvgIpc) is 3.28. The molecule has 2 aliphatic heterocycles. The molecule has 2 saturated heterocycles. The number of nitrogens with zero attached hydrogens (tertiary/aromatic N) is 1. The van der Waals surface area contributed by atoms with Crippen molar-refractivity contribution in [2.24, 2.45) is 11.8 Å². The Morgan fingerprint density at radius 1 is 1.24 bits per heavy atom. The lowest BCUT2D eigenvalue weighted by molar-refractivity contribution is -0.122. The molecule has 8 heteroatoms. The second kappa shape index (κ2) is 10.8. The van der Waals surface area contributed by atoms with Crippen LogP contribution in [-0.2, 0) is 14.3 Å². The molecule has 5 atom stereocenters. The minimum Gasteiger partial charge on any atom is -0.385 e. The Hall–Kier alpha value is -2.19. The van der Waals surface area contributed by atoms with E-state index in [0.717, 1.165) is 36.2 Å². The van der Waals surface area contributed by atoms with Crippen LogP contribution >= 0.6 is 11.6 Å². The Morgan fingerprint density at radius 2 is 2.03 bits per heavy atom. The molecule has 33 heavy (non-hydrogen) atoms. The first-order valence-corrected chi connectivity index (χ1v) is 12.0. The molecule has 1 aromatic carbocycles. The Kier molecular flexibility index (Phi) is 7.86. The summed E-state index contributed by atoms with van der Waals surface area (Å²) >= 11 is 6.48. The van der Waals surface area contributed by atoms with Gasteiger partial charge in [-0.15, -0.1) is 0 Å². The number of carbonyl (C=O) groups excluding carboxylic acids is 1. The van der Waals surface area contributed by atoms with Crippen molar-refractivity contribution in [2.75, 3.05) is 37.4 Å². The number of benzene rings is 1. The number of pyridine rings is 1. The van der Waals surface area contributed by atoms with Gasteiger partial charge < -0.3 is 25.4 Å². The lowest BCUT2D eigenvalue weighted by atomic mass is 9.92. The summed E-state index contributed by atoms with van der Waals surface area (Å²) in [6.45, 7) is 6.44. The molecular weight excluding hydrogens is 440 g/mol. The molecule has 2 aromatic rings. The van der Waals surface area contributed by atoms with Gasteiger partial charge in [-0.1, -0.05) is 23.7 Å². The largest absolute Gasteiger partial charge is 0.385 e. The number of carbonyl (C=O) groups is 1. The van der Waals surface area contributed by atoms with E-state index in [0.29, 0.717) is 42.1 Å². The number of amides is 1. The van der Waals surface area contributed by atoms with E-state index in [9.17, 15) is 4.79 Å². The maximum atomic E-state index is 12.7. The minimum absolute atomic E-state index is 0.108. The lowest BCUT2D eigenvalue weighted by Crippen LogP contribution is -2.33. The smallest absolute Gasteiger partial charge is 0.232 e. The van der Waals surface area contributed by atoms with E-state index in [1.165, 1.54) is 0 Å². The zero-order chi connectivity index (χ0) is 23.4. The van der Waals surface area contributed by atoms with E-state index >= 15 is 0 Å². The van der Waals surface area contributed by atoms with Crippen LogP contribution in [0.15, 0.2) is 36.5 Å². The van der Waals surface area contributed by atoms with Gasteiger partial charge in [-0.2, -0.15) is 0 Å². The van der Waals surface area contributed by atoms with Crippen LogP contribution in [0.5, 0.6) is 0 Å². The van der Waals surface area contributed by atoms with Gasteiger partial charge >= 0.3 is 0 Å². The normalized spacial score (nSPS) is 27.3. The molecule has 0 aliphatic carbocycles. The maximum Gasteiger partial charge on any atom is 0.232 e. The van der Waals surface area contributed by atoms with Gasteiger partial charge in [0.25, 0.3) is 0 Å². The van der Waals surface area contributed by atoms with Crippen LogP contribution in [0.1, 0.15) is 26.7 Å². The highest BCUT2D eigenvalue weighted by atomic mass is 35.5. The molecule has 0 spiro atoms. The number of nitrogens with one attached hydrogen (secondary N) is 3. The van der Waals surface area contributed by atoms with Crippen molar-refractivity contribution in [3.8, 4) is 11.1 Å². The summed E-state index contributed by atoms with van der Waals surface area (Å²) in [5.41, 5.74) is 2.83. The molecule has 2 aliphatic rings. The van der Waals surface area contributed by atoms with Crippen molar-refractivity contribution in [3.63, 3.8) is 0 Å². The molecule has 4 rings (SSSR count). The third-order valence-corrected chi connectivity index (χ3v) is 6.77. The molecule has 2 fully saturated rings. The monoisotopic (exact) mass is 472 g/mol. The summed E-state index contributed by atoms with van der Waals surface area (Å²) in [6, 6.07) is 9.99. The highest BCUT2D eigenvalue weighted by Crippen LogP contribution is 2.32. The lowest BCUT2D eigenvalue weighted by Gasteiger charge is -2.32. The summed E-state index contributed by atoms with van der Waals surface area (Å²) in [6.07, 6.45) is 4.18. The Morgan fingerprint density at radius 3 is 2.79 bits per heavy atom. The zero-order valence-electron chi connectivity index (χ0n) is 19.4. The standard InChI is InChI=1S/C25H33ClN4O3/c1-15-7-17(8-16(2)33-15)11-28-19-6-4-5-18(9-19)20-10-24(29-13-22(20)26)30-25(31)21-12-27-14-23(21)32-3/h4-6,9-10,13,15-17,21,23,27-28H,7-8,11-12,14H2,1-3H3,(H,29,30,31)/t15-,16+,17?,21-,23-/m0/s1. The fraction of sp³-hybridized carbons (Fsp3) is 0.520. The van der Waals surface area contributed by atoms with Gasteiger partial charge in [0.05, 0.1) is 29.3 Å². The first-order chi connectivity index (χ1) is 15.9. The first kappa shape index (κ1) is 24.0. The van der Waals surface area contributed by atoms with Crippen LogP contribution < -0.4 is 16.0 Å². The van der Waals surface area contributed by atoms with E-state index in [2.05, 4.69) is 46.9 Å². The summed E-state index contributed by atoms with van der Waals surface area (Å²) in [4.78, 5) is 17.0. The van der Waals surface area contributed by atoms with Gasteiger partial charge in [0.1, 0.15) is 5.82 Å². The van der Waals surface area contributed by atoms with Gasteiger partial charge in [-0.25, -0.2) is 4.98 Å². The van der Waals surface area contributed by atoms with E-state index < -0.39 is 0 Å². The second-order valence-electron chi connectivity index (χ2n) is 9.13. The van der Waals surface area contributed by atoms with Crippen molar-refractivity contribution >= 4 is 29.0 Å². The molecule has 1 amide bonds. The van der Waals surface area contributed by atoms with Crippen LogP contribution in [0.4, 0.5) is 11.5 Å². The highest BCUT2D eigenvalue weighted by molar-refractivity contribution is 6.33. The number of hydrogen-bond acceptors (Lipinski definition) is 6. The van der Waals surface area contributed by atoms with Crippen molar-refractivity contribution in [1.82, 2.24) is 10.3 Å². The van der Waals surface area contributed by atoms with Gasteiger partial charge in [0.15, 0.2) is 0 Å². The number of hydrogen-bond donors (Lipinski definition) is 3.